The summed E-state index contributed by atoms with van der Waals surface area (Å²) >= 11 is 3.63. The lowest BCUT2D eigenvalue weighted by Crippen LogP contribution is -2.27. The van der Waals surface area contributed by atoms with Gasteiger partial charge in [0.2, 0.25) is 0 Å². The second-order valence-electron chi connectivity index (χ2n) is 4.43. The van der Waals surface area contributed by atoms with Crippen LogP contribution in [0.2, 0.25) is 0 Å². The van der Waals surface area contributed by atoms with Crippen molar-refractivity contribution in [3.8, 4) is 0 Å². The van der Waals surface area contributed by atoms with Gasteiger partial charge in [-0.2, -0.15) is 0 Å². The highest BCUT2D eigenvalue weighted by Crippen LogP contribution is 2.28. The summed E-state index contributed by atoms with van der Waals surface area (Å²) in [5.41, 5.74) is 2.41. The Labute approximate surface area is 118 Å². The smallest absolute Gasteiger partial charge is 0.0606 e. The van der Waals surface area contributed by atoms with Crippen LogP contribution in [0.15, 0.2) is 22.7 Å². The fourth-order valence-corrected chi connectivity index (χ4v) is 2.69. The average molecular weight is 315 g/mol. The maximum absolute atomic E-state index is 9.11. The predicted octanol–water partition coefficient (Wildman–Crippen LogP) is 2.94. The largest absolute Gasteiger partial charge is 0.395 e. The minimum atomic E-state index is 0.187. The molecule has 0 bridgehead atoms. The highest BCUT2D eigenvalue weighted by Gasteiger charge is 2.10. The zero-order valence-corrected chi connectivity index (χ0v) is 13.0. The molecule has 1 unspecified atom stereocenters. The minimum absolute atomic E-state index is 0.187. The molecule has 0 saturated carbocycles. The normalized spacial score (nSPS) is 12.5. The number of hydrogen-bond acceptors (Lipinski definition) is 3. The molecule has 0 fully saturated rings. The van der Waals surface area contributed by atoms with Crippen LogP contribution < -0.4 is 10.2 Å². The number of aliphatic hydroxyl groups excluding tert-OH is 1. The SMILES string of the molecule is CCCN(CCO)c1ccc(C(C)NC)c(Br)c1. The van der Waals surface area contributed by atoms with Crippen LogP contribution in [-0.2, 0) is 0 Å². The van der Waals surface area contributed by atoms with Crippen LogP contribution in [0.25, 0.3) is 0 Å². The topological polar surface area (TPSA) is 35.5 Å². The number of nitrogens with one attached hydrogen (secondary N) is 1. The molecular formula is C14H23BrN2O. The van der Waals surface area contributed by atoms with E-state index < -0.39 is 0 Å². The van der Waals surface area contributed by atoms with E-state index in [0.29, 0.717) is 12.6 Å². The van der Waals surface area contributed by atoms with Crippen LogP contribution in [0.3, 0.4) is 0 Å². The second-order valence-corrected chi connectivity index (χ2v) is 5.28. The van der Waals surface area contributed by atoms with Crippen molar-refractivity contribution in [1.29, 1.82) is 0 Å². The molecule has 0 spiro atoms. The monoisotopic (exact) mass is 314 g/mol. The Morgan fingerprint density at radius 1 is 1.39 bits per heavy atom. The van der Waals surface area contributed by atoms with E-state index in [-0.39, 0.29) is 6.61 Å². The maximum atomic E-state index is 9.11. The van der Waals surface area contributed by atoms with E-state index in [9.17, 15) is 0 Å². The number of benzene rings is 1. The molecule has 0 radical (unpaired) electrons. The molecule has 1 aromatic rings. The van der Waals surface area contributed by atoms with Gasteiger partial charge in [-0.25, -0.2) is 0 Å². The third kappa shape index (κ3) is 3.97. The fourth-order valence-electron chi connectivity index (χ4n) is 1.98. The van der Waals surface area contributed by atoms with Gasteiger partial charge in [-0.05, 0) is 38.1 Å². The maximum Gasteiger partial charge on any atom is 0.0606 e. The number of aliphatic hydroxyl groups is 1. The van der Waals surface area contributed by atoms with Crippen molar-refractivity contribution < 1.29 is 5.11 Å². The molecule has 0 aliphatic rings. The third-order valence-electron chi connectivity index (χ3n) is 3.11. The van der Waals surface area contributed by atoms with Gasteiger partial charge >= 0.3 is 0 Å². The van der Waals surface area contributed by atoms with Gasteiger partial charge in [-0.3, -0.25) is 0 Å². The summed E-state index contributed by atoms with van der Waals surface area (Å²) < 4.78 is 1.11. The molecule has 0 saturated heterocycles. The number of nitrogens with zero attached hydrogens (tertiary/aromatic N) is 1. The molecule has 1 rings (SSSR count). The van der Waals surface area contributed by atoms with E-state index in [0.717, 1.165) is 23.1 Å². The van der Waals surface area contributed by atoms with Gasteiger partial charge in [0.1, 0.15) is 0 Å². The molecule has 4 heteroatoms. The lowest BCUT2D eigenvalue weighted by atomic mass is 10.1. The van der Waals surface area contributed by atoms with Crippen LogP contribution in [0.4, 0.5) is 5.69 Å². The molecule has 0 aliphatic carbocycles. The average Bonchev–Trinajstić information content (AvgIpc) is 2.37. The van der Waals surface area contributed by atoms with Crippen molar-refractivity contribution in [2.24, 2.45) is 0 Å². The van der Waals surface area contributed by atoms with E-state index in [1.54, 1.807) is 0 Å². The van der Waals surface area contributed by atoms with Crippen LogP contribution >= 0.6 is 15.9 Å². The summed E-state index contributed by atoms with van der Waals surface area (Å²) in [5, 5.41) is 12.3. The van der Waals surface area contributed by atoms with Crippen LogP contribution in [0.1, 0.15) is 31.9 Å². The highest BCUT2D eigenvalue weighted by molar-refractivity contribution is 9.10. The molecule has 3 nitrogen and oxygen atoms in total. The Morgan fingerprint density at radius 2 is 2.11 bits per heavy atom. The van der Waals surface area contributed by atoms with Gasteiger partial charge in [-0.1, -0.05) is 28.9 Å². The first-order valence-electron chi connectivity index (χ1n) is 6.46. The lowest BCUT2D eigenvalue weighted by molar-refractivity contribution is 0.302. The molecule has 1 aromatic carbocycles. The highest BCUT2D eigenvalue weighted by atomic mass is 79.9. The van der Waals surface area contributed by atoms with Gasteiger partial charge < -0.3 is 15.3 Å². The number of rotatable bonds is 7. The van der Waals surface area contributed by atoms with Crippen molar-refractivity contribution in [3.05, 3.63) is 28.2 Å². The molecule has 1 atom stereocenters. The summed E-state index contributed by atoms with van der Waals surface area (Å²) in [7, 11) is 1.96. The van der Waals surface area contributed by atoms with E-state index >= 15 is 0 Å². The molecule has 0 amide bonds. The van der Waals surface area contributed by atoms with Crippen molar-refractivity contribution >= 4 is 21.6 Å². The lowest BCUT2D eigenvalue weighted by Gasteiger charge is -2.24. The first-order chi connectivity index (χ1) is 8.63. The zero-order valence-electron chi connectivity index (χ0n) is 11.4. The van der Waals surface area contributed by atoms with Crippen LogP contribution in [0, 0.1) is 0 Å². The summed E-state index contributed by atoms with van der Waals surface area (Å²) in [6.07, 6.45) is 1.08. The van der Waals surface area contributed by atoms with Gasteiger partial charge in [0.25, 0.3) is 0 Å². The summed E-state index contributed by atoms with van der Waals surface area (Å²) in [6.45, 7) is 6.12. The molecule has 18 heavy (non-hydrogen) atoms. The molecule has 102 valence electrons. The first kappa shape index (κ1) is 15.5. The Bertz CT molecular complexity index is 365. The van der Waals surface area contributed by atoms with Crippen molar-refractivity contribution in [3.63, 3.8) is 0 Å². The Balaban J connectivity index is 2.93. The summed E-state index contributed by atoms with van der Waals surface area (Å²) in [4.78, 5) is 2.21. The minimum Gasteiger partial charge on any atom is -0.395 e. The van der Waals surface area contributed by atoms with Crippen molar-refractivity contribution in [1.82, 2.24) is 5.32 Å². The number of anilines is 1. The molecule has 0 aromatic heterocycles. The zero-order chi connectivity index (χ0) is 13.5. The molecule has 0 aliphatic heterocycles. The number of hydrogen-bond donors (Lipinski definition) is 2. The Hall–Kier alpha value is -0.580. The van der Waals surface area contributed by atoms with Gasteiger partial charge in [0.15, 0.2) is 0 Å². The van der Waals surface area contributed by atoms with E-state index in [4.69, 9.17) is 5.11 Å². The van der Waals surface area contributed by atoms with Gasteiger partial charge in [-0.15, -0.1) is 0 Å². The van der Waals surface area contributed by atoms with E-state index in [1.165, 1.54) is 5.56 Å². The molecule has 0 heterocycles. The second kappa shape index (κ2) is 7.77. The predicted molar refractivity (Wildman–Crippen MR) is 81.2 cm³/mol. The van der Waals surface area contributed by atoms with Gasteiger partial charge in [0.05, 0.1) is 6.61 Å². The Kier molecular flexibility index (Phi) is 6.68. The standard InChI is InChI=1S/C14H23BrN2O/c1-4-7-17(8-9-18)12-5-6-13(11(2)16-3)14(15)10-12/h5-6,10-11,16,18H,4,7-9H2,1-3H3. The van der Waals surface area contributed by atoms with Crippen molar-refractivity contribution in [2.45, 2.75) is 26.3 Å². The van der Waals surface area contributed by atoms with Crippen LogP contribution in [0.5, 0.6) is 0 Å². The summed E-state index contributed by atoms with van der Waals surface area (Å²) in [5.74, 6) is 0. The number of halogens is 1. The fraction of sp³-hybridized carbons (Fsp3) is 0.571. The van der Waals surface area contributed by atoms with E-state index in [1.807, 2.05) is 7.05 Å². The van der Waals surface area contributed by atoms with Crippen molar-refractivity contribution in [2.75, 3.05) is 31.6 Å². The third-order valence-corrected chi connectivity index (χ3v) is 3.80. The van der Waals surface area contributed by atoms with Gasteiger partial charge in [0, 0.05) is 29.3 Å². The first-order valence-corrected chi connectivity index (χ1v) is 7.25. The summed E-state index contributed by atoms with van der Waals surface area (Å²) in [6, 6.07) is 6.72. The molecule has 2 N–H and O–H groups in total. The van der Waals surface area contributed by atoms with E-state index in [2.05, 4.69) is 58.2 Å². The van der Waals surface area contributed by atoms with Crippen LogP contribution in [-0.4, -0.2) is 31.9 Å². The molecular weight excluding hydrogens is 292 g/mol. The quantitative estimate of drug-likeness (QED) is 0.812. The Morgan fingerprint density at radius 3 is 2.61 bits per heavy atom.